The number of nitrogens with one attached hydrogen (secondary N) is 3. The number of nitrogens with zero attached hydrogens (tertiary/aromatic N) is 4. The van der Waals surface area contributed by atoms with Crippen molar-refractivity contribution in [3.63, 3.8) is 0 Å². The lowest BCUT2D eigenvalue weighted by atomic mass is 10.2. The van der Waals surface area contributed by atoms with E-state index in [0.29, 0.717) is 25.6 Å². The number of pyridine rings is 1. The summed E-state index contributed by atoms with van der Waals surface area (Å²) < 4.78 is 27.8. The number of sulfonamides is 1. The van der Waals surface area contributed by atoms with E-state index in [9.17, 15) is 8.42 Å². The van der Waals surface area contributed by atoms with Gasteiger partial charge in [-0.15, -0.1) is 34.2 Å². The van der Waals surface area contributed by atoms with Gasteiger partial charge in [0, 0.05) is 12.7 Å². The van der Waals surface area contributed by atoms with Crippen molar-refractivity contribution in [2.45, 2.75) is 24.9 Å². The Morgan fingerprint density at radius 1 is 1.10 bits per heavy atom. The summed E-state index contributed by atoms with van der Waals surface area (Å²) in [5.41, 5.74) is 1.69. The fourth-order valence-electron chi connectivity index (χ4n) is 2.58. The number of halogens is 1. The minimum Gasteiger partial charge on any atom is -0.357 e. The number of benzene rings is 1. The summed E-state index contributed by atoms with van der Waals surface area (Å²) in [5.74, 6) is 1.42. The van der Waals surface area contributed by atoms with Gasteiger partial charge in [-0.2, -0.15) is 0 Å². The van der Waals surface area contributed by atoms with E-state index in [2.05, 4.69) is 30.5 Å². The van der Waals surface area contributed by atoms with Gasteiger partial charge < -0.3 is 10.6 Å². The maximum absolute atomic E-state index is 11.8. The van der Waals surface area contributed by atoms with Crippen LogP contribution >= 0.6 is 24.0 Å². The molecule has 11 heteroatoms. The molecule has 0 fully saturated rings. The van der Waals surface area contributed by atoms with Gasteiger partial charge in [-0.05, 0) is 43.8 Å². The van der Waals surface area contributed by atoms with Gasteiger partial charge in [0.05, 0.1) is 18.0 Å². The monoisotopic (exact) mass is 529 g/mol. The fourth-order valence-corrected chi connectivity index (χ4v) is 3.31. The topological polar surface area (TPSA) is 113 Å². The lowest BCUT2D eigenvalue weighted by molar-refractivity contribution is 0.588. The highest BCUT2D eigenvalue weighted by molar-refractivity contribution is 14.0. The van der Waals surface area contributed by atoms with Crippen LogP contribution in [0.15, 0.2) is 58.5 Å². The number of aromatic nitrogens is 3. The SMILES string of the molecule is CCNC(=NCc1ccc(S(=O)(=O)NC)cc1)NCc1nnc2ccccn12.I. The Bertz CT molecular complexity index is 1070. The summed E-state index contributed by atoms with van der Waals surface area (Å²) in [7, 11) is -2.04. The third-order valence-corrected chi connectivity index (χ3v) is 5.49. The quantitative estimate of drug-likeness (QED) is 0.243. The lowest BCUT2D eigenvalue weighted by Crippen LogP contribution is -2.37. The summed E-state index contributed by atoms with van der Waals surface area (Å²) >= 11 is 0. The maximum Gasteiger partial charge on any atom is 0.240 e. The third-order valence-electron chi connectivity index (χ3n) is 4.06. The van der Waals surface area contributed by atoms with E-state index < -0.39 is 10.0 Å². The third kappa shape index (κ3) is 5.87. The number of fused-ring (bicyclic) bond motifs is 1. The highest BCUT2D eigenvalue weighted by Gasteiger charge is 2.10. The first-order chi connectivity index (χ1) is 13.5. The molecule has 2 heterocycles. The zero-order valence-electron chi connectivity index (χ0n) is 16.2. The first kappa shape index (κ1) is 23.0. The molecule has 0 aliphatic carbocycles. The standard InChI is InChI=1S/C18H23N7O2S.HI/c1-3-20-18(22-13-17-24-23-16-6-4-5-11-25(16)17)21-12-14-7-9-15(10-8-14)28(26,27)19-2;/h4-11,19H,3,12-13H2,1-2H3,(H2,20,21,22);1H. The van der Waals surface area contributed by atoms with Gasteiger partial charge in [0.15, 0.2) is 17.4 Å². The second-order valence-electron chi connectivity index (χ2n) is 5.95. The molecule has 0 unspecified atom stereocenters. The van der Waals surface area contributed by atoms with Crippen molar-refractivity contribution in [3.8, 4) is 0 Å². The number of hydrogen-bond acceptors (Lipinski definition) is 5. The molecule has 9 nitrogen and oxygen atoms in total. The molecule has 0 atom stereocenters. The Hall–Kier alpha value is -2.25. The smallest absolute Gasteiger partial charge is 0.240 e. The highest BCUT2D eigenvalue weighted by atomic mass is 127. The lowest BCUT2D eigenvalue weighted by Gasteiger charge is -2.10. The van der Waals surface area contributed by atoms with Crippen molar-refractivity contribution in [2.75, 3.05) is 13.6 Å². The predicted molar refractivity (Wildman–Crippen MR) is 123 cm³/mol. The van der Waals surface area contributed by atoms with Crippen molar-refractivity contribution >= 4 is 45.6 Å². The average Bonchev–Trinajstić information content (AvgIpc) is 3.13. The van der Waals surface area contributed by atoms with Crippen LogP contribution in [-0.2, 0) is 23.1 Å². The molecule has 2 aromatic heterocycles. The Kier molecular flexibility index (Phi) is 8.34. The largest absolute Gasteiger partial charge is 0.357 e. The summed E-state index contributed by atoms with van der Waals surface area (Å²) in [6, 6.07) is 12.4. The Morgan fingerprint density at radius 2 is 1.86 bits per heavy atom. The van der Waals surface area contributed by atoms with Crippen LogP contribution in [0.25, 0.3) is 5.65 Å². The molecule has 1 aromatic carbocycles. The highest BCUT2D eigenvalue weighted by Crippen LogP contribution is 2.11. The van der Waals surface area contributed by atoms with Crippen LogP contribution in [0.5, 0.6) is 0 Å². The van der Waals surface area contributed by atoms with Gasteiger partial charge in [-0.1, -0.05) is 18.2 Å². The van der Waals surface area contributed by atoms with Gasteiger partial charge in [0.2, 0.25) is 10.0 Å². The maximum atomic E-state index is 11.8. The predicted octanol–water partition coefficient (Wildman–Crippen LogP) is 1.51. The zero-order chi connectivity index (χ0) is 20.0. The number of aliphatic imine (C=N–C) groups is 1. The van der Waals surface area contributed by atoms with Crippen LogP contribution in [0.4, 0.5) is 0 Å². The van der Waals surface area contributed by atoms with Crippen molar-refractivity contribution in [1.29, 1.82) is 0 Å². The summed E-state index contributed by atoms with van der Waals surface area (Å²) in [6.07, 6.45) is 1.91. The second kappa shape index (κ2) is 10.5. The second-order valence-corrected chi connectivity index (χ2v) is 7.83. The molecule has 0 saturated heterocycles. The number of guanidine groups is 1. The number of rotatable bonds is 7. The van der Waals surface area contributed by atoms with E-state index in [1.807, 2.05) is 35.7 Å². The van der Waals surface area contributed by atoms with Crippen LogP contribution in [-0.4, -0.2) is 42.6 Å². The normalized spacial score (nSPS) is 11.9. The Morgan fingerprint density at radius 3 is 2.55 bits per heavy atom. The van der Waals surface area contributed by atoms with E-state index in [1.54, 1.807) is 24.3 Å². The molecule has 0 amide bonds. The van der Waals surface area contributed by atoms with Crippen molar-refractivity contribution in [1.82, 2.24) is 30.0 Å². The van der Waals surface area contributed by atoms with Crippen LogP contribution in [0, 0.1) is 0 Å². The fraction of sp³-hybridized carbons (Fsp3) is 0.278. The van der Waals surface area contributed by atoms with E-state index in [4.69, 9.17) is 0 Å². The van der Waals surface area contributed by atoms with Gasteiger partial charge in [-0.3, -0.25) is 4.40 Å². The molecule has 0 aliphatic heterocycles. The zero-order valence-corrected chi connectivity index (χ0v) is 19.3. The average molecular weight is 529 g/mol. The van der Waals surface area contributed by atoms with E-state index >= 15 is 0 Å². The molecule has 0 bridgehead atoms. The number of hydrogen-bond donors (Lipinski definition) is 3. The molecule has 3 rings (SSSR count). The molecule has 3 N–H and O–H groups in total. The van der Waals surface area contributed by atoms with Gasteiger partial charge in [0.1, 0.15) is 0 Å². The summed E-state index contributed by atoms with van der Waals surface area (Å²) in [4.78, 5) is 4.78. The van der Waals surface area contributed by atoms with Crippen LogP contribution in [0.3, 0.4) is 0 Å². The molecular formula is C18H24IN7O2S. The van der Waals surface area contributed by atoms with E-state index in [1.165, 1.54) is 7.05 Å². The molecule has 0 radical (unpaired) electrons. The molecule has 29 heavy (non-hydrogen) atoms. The Balaban J connectivity index is 0.00000300. The molecule has 0 aliphatic rings. The minimum absolute atomic E-state index is 0. The van der Waals surface area contributed by atoms with E-state index in [-0.39, 0.29) is 28.9 Å². The summed E-state index contributed by atoms with van der Waals surface area (Å²) in [5, 5.41) is 14.7. The van der Waals surface area contributed by atoms with Crippen molar-refractivity contribution in [3.05, 3.63) is 60.0 Å². The molecule has 0 spiro atoms. The summed E-state index contributed by atoms with van der Waals surface area (Å²) in [6.45, 7) is 3.58. The first-order valence-corrected chi connectivity index (χ1v) is 10.3. The van der Waals surface area contributed by atoms with Crippen LogP contribution in [0.1, 0.15) is 18.3 Å². The van der Waals surface area contributed by atoms with E-state index in [0.717, 1.165) is 17.0 Å². The van der Waals surface area contributed by atoms with Crippen LogP contribution in [0.2, 0.25) is 0 Å². The van der Waals surface area contributed by atoms with Gasteiger partial charge in [0.25, 0.3) is 0 Å². The van der Waals surface area contributed by atoms with Gasteiger partial charge >= 0.3 is 0 Å². The van der Waals surface area contributed by atoms with Crippen molar-refractivity contribution < 1.29 is 8.42 Å². The molecule has 0 saturated carbocycles. The van der Waals surface area contributed by atoms with Crippen LogP contribution < -0.4 is 15.4 Å². The van der Waals surface area contributed by atoms with Crippen molar-refractivity contribution in [2.24, 2.45) is 4.99 Å². The molecule has 3 aromatic rings. The first-order valence-electron chi connectivity index (χ1n) is 8.87. The Labute approximate surface area is 187 Å². The molecular weight excluding hydrogens is 505 g/mol. The van der Waals surface area contributed by atoms with Gasteiger partial charge in [-0.25, -0.2) is 18.1 Å². The minimum atomic E-state index is -3.43. The molecule has 156 valence electrons.